The molecule has 2 rings (SSSR count). The van der Waals surface area contributed by atoms with E-state index in [2.05, 4.69) is 48.3 Å². The van der Waals surface area contributed by atoms with Gasteiger partial charge in [-0.3, -0.25) is 0 Å². The van der Waals surface area contributed by atoms with E-state index in [0.717, 1.165) is 6.54 Å². The number of hydrogen-bond donors (Lipinski definition) is 1. The highest BCUT2D eigenvalue weighted by Crippen LogP contribution is 2.13. The second-order valence-corrected chi connectivity index (χ2v) is 5.14. The molecule has 0 radical (unpaired) electrons. The Kier molecular flexibility index (Phi) is 4.57. The molecule has 2 heteroatoms. The summed E-state index contributed by atoms with van der Waals surface area (Å²) in [5.41, 5.74) is 2.72. The molecule has 0 aromatic heterocycles. The van der Waals surface area contributed by atoms with Gasteiger partial charge >= 0.3 is 0 Å². The molecule has 1 N–H and O–H groups in total. The molecule has 0 aliphatic carbocycles. The Morgan fingerprint density at radius 3 is 2.47 bits per heavy atom. The fourth-order valence-corrected chi connectivity index (χ4v) is 2.42. The lowest BCUT2D eigenvalue weighted by Crippen LogP contribution is -2.31. The number of nitrogens with one attached hydrogen (secondary N) is 1. The number of hydrogen-bond acceptors (Lipinski definition) is 2. The first-order valence-electron chi connectivity index (χ1n) is 6.78. The minimum Gasteiger partial charge on any atom is -0.309 e. The fraction of sp³-hybridized carbons (Fsp3) is 0.600. The second kappa shape index (κ2) is 6.18. The van der Waals surface area contributed by atoms with Gasteiger partial charge in [0.2, 0.25) is 0 Å². The van der Waals surface area contributed by atoms with Crippen molar-refractivity contribution >= 4 is 0 Å². The van der Waals surface area contributed by atoms with Gasteiger partial charge in [0, 0.05) is 19.1 Å². The monoisotopic (exact) mass is 232 g/mol. The number of nitrogens with zero attached hydrogens (tertiary/aromatic N) is 1. The van der Waals surface area contributed by atoms with E-state index in [1.54, 1.807) is 0 Å². The van der Waals surface area contributed by atoms with Gasteiger partial charge in [0.05, 0.1) is 0 Å². The van der Waals surface area contributed by atoms with Crippen LogP contribution < -0.4 is 5.32 Å². The zero-order valence-corrected chi connectivity index (χ0v) is 11.1. The van der Waals surface area contributed by atoms with Crippen LogP contribution >= 0.6 is 0 Å². The standard InChI is InChI=1S/C15H24N2/c1-13-5-7-15(8-6-13)14(2)16-9-12-17-10-3-4-11-17/h5-8,14,16H,3-4,9-12H2,1-2H3/t14-/m0/s1. The maximum Gasteiger partial charge on any atom is 0.0292 e. The Bertz CT molecular complexity index is 325. The normalized spacial score (nSPS) is 18.5. The summed E-state index contributed by atoms with van der Waals surface area (Å²) in [7, 11) is 0. The summed E-state index contributed by atoms with van der Waals surface area (Å²) < 4.78 is 0. The van der Waals surface area contributed by atoms with Gasteiger partial charge < -0.3 is 10.2 Å². The van der Waals surface area contributed by atoms with Crippen LogP contribution in [0.25, 0.3) is 0 Å². The van der Waals surface area contributed by atoms with Crippen LogP contribution in [-0.4, -0.2) is 31.1 Å². The topological polar surface area (TPSA) is 15.3 Å². The molecule has 1 aromatic carbocycles. The van der Waals surface area contributed by atoms with Crippen molar-refractivity contribution < 1.29 is 0 Å². The highest BCUT2D eigenvalue weighted by atomic mass is 15.1. The van der Waals surface area contributed by atoms with Gasteiger partial charge in [0.1, 0.15) is 0 Å². The van der Waals surface area contributed by atoms with Crippen molar-refractivity contribution in [2.24, 2.45) is 0 Å². The Morgan fingerprint density at radius 1 is 1.18 bits per heavy atom. The van der Waals surface area contributed by atoms with Gasteiger partial charge in [-0.15, -0.1) is 0 Å². The molecule has 2 nitrogen and oxygen atoms in total. The predicted octanol–water partition coefficient (Wildman–Crippen LogP) is 2.74. The largest absolute Gasteiger partial charge is 0.309 e. The molecule has 0 amide bonds. The van der Waals surface area contributed by atoms with Crippen LogP contribution in [0.1, 0.15) is 36.9 Å². The average molecular weight is 232 g/mol. The van der Waals surface area contributed by atoms with Crippen molar-refractivity contribution in [2.75, 3.05) is 26.2 Å². The zero-order chi connectivity index (χ0) is 12.1. The van der Waals surface area contributed by atoms with E-state index in [9.17, 15) is 0 Å². The van der Waals surface area contributed by atoms with E-state index in [1.807, 2.05) is 0 Å². The maximum atomic E-state index is 3.60. The Hall–Kier alpha value is -0.860. The second-order valence-electron chi connectivity index (χ2n) is 5.14. The molecule has 1 fully saturated rings. The number of aryl methyl sites for hydroxylation is 1. The van der Waals surface area contributed by atoms with Crippen molar-refractivity contribution in [3.05, 3.63) is 35.4 Å². The molecule has 1 heterocycles. The minimum absolute atomic E-state index is 0.457. The summed E-state index contributed by atoms with van der Waals surface area (Å²) in [4.78, 5) is 2.55. The summed E-state index contributed by atoms with van der Waals surface area (Å²) in [6.45, 7) is 9.25. The molecule has 1 aliphatic rings. The summed E-state index contributed by atoms with van der Waals surface area (Å²) >= 11 is 0. The molecule has 1 saturated heterocycles. The van der Waals surface area contributed by atoms with Gasteiger partial charge in [-0.25, -0.2) is 0 Å². The highest BCUT2D eigenvalue weighted by molar-refractivity contribution is 5.23. The first-order chi connectivity index (χ1) is 8.25. The van der Waals surface area contributed by atoms with Crippen LogP contribution in [0.3, 0.4) is 0 Å². The third-order valence-corrected chi connectivity index (χ3v) is 3.65. The van der Waals surface area contributed by atoms with E-state index >= 15 is 0 Å². The number of benzene rings is 1. The summed E-state index contributed by atoms with van der Waals surface area (Å²) in [5.74, 6) is 0. The molecular formula is C15H24N2. The smallest absolute Gasteiger partial charge is 0.0292 e. The first kappa shape index (κ1) is 12.6. The van der Waals surface area contributed by atoms with Gasteiger partial charge in [0.15, 0.2) is 0 Å². The third-order valence-electron chi connectivity index (χ3n) is 3.65. The minimum atomic E-state index is 0.457. The molecule has 1 aromatic rings. The van der Waals surface area contributed by atoms with Gasteiger partial charge in [0.25, 0.3) is 0 Å². The van der Waals surface area contributed by atoms with Crippen molar-refractivity contribution in [3.63, 3.8) is 0 Å². The van der Waals surface area contributed by atoms with Crippen molar-refractivity contribution in [3.8, 4) is 0 Å². The zero-order valence-electron chi connectivity index (χ0n) is 11.1. The predicted molar refractivity (Wildman–Crippen MR) is 73.3 cm³/mol. The lowest BCUT2D eigenvalue weighted by atomic mass is 10.1. The Labute approximate surface area is 105 Å². The Morgan fingerprint density at radius 2 is 1.82 bits per heavy atom. The third kappa shape index (κ3) is 3.83. The quantitative estimate of drug-likeness (QED) is 0.840. The highest BCUT2D eigenvalue weighted by Gasteiger charge is 2.11. The van der Waals surface area contributed by atoms with E-state index in [-0.39, 0.29) is 0 Å². The van der Waals surface area contributed by atoms with Crippen LogP contribution in [-0.2, 0) is 0 Å². The Balaban J connectivity index is 1.72. The molecular weight excluding hydrogens is 208 g/mol. The lowest BCUT2D eigenvalue weighted by Gasteiger charge is -2.18. The van der Waals surface area contributed by atoms with Crippen LogP contribution in [0.2, 0.25) is 0 Å². The first-order valence-corrected chi connectivity index (χ1v) is 6.78. The lowest BCUT2D eigenvalue weighted by molar-refractivity contribution is 0.330. The fourth-order valence-electron chi connectivity index (χ4n) is 2.42. The molecule has 0 unspecified atom stereocenters. The average Bonchev–Trinajstić information content (AvgIpc) is 2.83. The summed E-state index contributed by atoms with van der Waals surface area (Å²) in [5, 5.41) is 3.60. The van der Waals surface area contributed by atoms with Crippen molar-refractivity contribution in [1.29, 1.82) is 0 Å². The van der Waals surface area contributed by atoms with E-state index in [0.29, 0.717) is 6.04 Å². The summed E-state index contributed by atoms with van der Waals surface area (Å²) in [6, 6.07) is 9.28. The van der Waals surface area contributed by atoms with Gasteiger partial charge in [-0.2, -0.15) is 0 Å². The van der Waals surface area contributed by atoms with E-state index < -0.39 is 0 Å². The molecule has 0 saturated carbocycles. The van der Waals surface area contributed by atoms with Gasteiger partial charge in [-0.1, -0.05) is 29.8 Å². The van der Waals surface area contributed by atoms with Crippen LogP contribution in [0.5, 0.6) is 0 Å². The van der Waals surface area contributed by atoms with Gasteiger partial charge in [-0.05, 0) is 45.3 Å². The SMILES string of the molecule is Cc1ccc([C@H](C)NCCN2CCCC2)cc1. The molecule has 0 bridgehead atoms. The van der Waals surface area contributed by atoms with Crippen LogP contribution in [0.15, 0.2) is 24.3 Å². The number of likely N-dealkylation sites (tertiary alicyclic amines) is 1. The van der Waals surface area contributed by atoms with E-state index in [4.69, 9.17) is 0 Å². The molecule has 94 valence electrons. The summed E-state index contributed by atoms with van der Waals surface area (Å²) in [6.07, 6.45) is 2.76. The molecule has 1 aliphatic heterocycles. The number of rotatable bonds is 5. The van der Waals surface area contributed by atoms with Crippen molar-refractivity contribution in [1.82, 2.24) is 10.2 Å². The van der Waals surface area contributed by atoms with Crippen LogP contribution in [0, 0.1) is 6.92 Å². The maximum absolute atomic E-state index is 3.60. The molecule has 1 atom stereocenters. The van der Waals surface area contributed by atoms with E-state index in [1.165, 1.54) is 43.6 Å². The molecule has 0 spiro atoms. The van der Waals surface area contributed by atoms with Crippen LogP contribution in [0.4, 0.5) is 0 Å². The molecule has 17 heavy (non-hydrogen) atoms. The van der Waals surface area contributed by atoms with Crippen molar-refractivity contribution in [2.45, 2.75) is 32.7 Å².